The highest BCUT2D eigenvalue weighted by atomic mass is 35.5. The highest BCUT2D eigenvalue weighted by Crippen LogP contribution is 2.41. The second-order valence-corrected chi connectivity index (χ2v) is 5.30. The van der Waals surface area contributed by atoms with Crippen LogP contribution in [0.3, 0.4) is 0 Å². The third-order valence-corrected chi connectivity index (χ3v) is 3.54. The van der Waals surface area contributed by atoms with Gasteiger partial charge in [-0.1, -0.05) is 29.8 Å². The van der Waals surface area contributed by atoms with Crippen LogP contribution in [0.25, 0.3) is 5.65 Å². The van der Waals surface area contributed by atoms with Crippen LogP contribution in [-0.2, 0) is 0 Å². The maximum Gasteiger partial charge on any atom is 0.157 e. The van der Waals surface area contributed by atoms with Gasteiger partial charge in [-0.3, -0.25) is 0 Å². The van der Waals surface area contributed by atoms with Gasteiger partial charge in [-0.15, -0.1) is 0 Å². The van der Waals surface area contributed by atoms with Gasteiger partial charge < -0.3 is 4.74 Å². The second-order valence-electron chi connectivity index (χ2n) is 4.91. The molecule has 0 spiro atoms. The number of halogens is 1. The van der Waals surface area contributed by atoms with Crippen molar-refractivity contribution in [2.24, 2.45) is 0 Å². The predicted octanol–water partition coefficient (Wildman–Crippen LogP) is 3.96. The Kier molecular flexibility index (Phi) is 4.06. The number of hydrogen-bond acceptors (Lipinski definition) is 3. The normalized spacial score (nSPS) is 13.6. The molecule has 1 saturated carbocycles. The number of hydrogen-bond donors (Lipinski definition) is 0. The second kappa shape index (κ2) is 6.14. The van der Waals surface area contributed by atoms with E-state index >= 15 is 0 Å². The Bertz CT molecular complexity index is 723. The Hall–Kier alpha value is -2.07. The summed E-state index contributed by atoms with van der Waals surface area (Å²) in [4.78, 5) is 4.26. The summed E-state index contributed by atoms with van der Waals surface area (Å²) in [6, 6.07) is 11.6. The fourth-order valence-corrected chi connectivity index (χ4v) is 2.36. The molecule has 0 radical (unpaired) electrons. The number of imidazole rings is 1. The molecule has 1 aromatic carbocycles. The minimum absolute atomic E-state index is 0.549. The standard InChI is InChI=1S/C9H8ClN3.C7H8O/c10-8-5-7(6-1-2-6)9-11-3-4-13(9)12-8;1-8-7-5-3-2-4-6-7/h3-6H,1-2H2;2-6H,1H3. The molecule has 5 heteroatoms. The van der Waals surface area contributed by atoms with Crippen LogP contribution in [-0.4, -0.2) is 21.7 Å². The smallest absolute Gasteiger partial charge is 0.157 e. The topological polar surface area (TPSA) is 39.4 Å². The summed E-state index contributed by atoms with van der Waals surface area (Å²) >= 11 is 5.89. The molecule has 1 fully saturated rings. The van der Waals surface area contributed by atoms with Gasteiger partial charge in [-0.05, 0) is 37.0 Å². The first-order valence-electron chi connectivity index (χ1n) is 6.87. The van der Waals surface area contributed by atoms with Gasteiger partial charge in [0.25, 0.3) is 0 Å². The lowest BCUT2D eigenvalue weighted by Gasteiger charge is -2.00. The van der Waals surface area contributed by atoms with E-state index < -0.39 is 0 Å². The number of fused-ring (bicyclic) bond motifs is 1. The fraction of sp³-hybridized carbons (Fsp3) is 0.250. The summed E-state index contributed by atoms with van der Waals surface area (Å²) in [5, 5.41) is 4.67. The number of para-hydroxylation sites is 1. The minimum atomic E-state index is 0.549. The average molecular weight is 302 g/mol. The van der Waals surface area contributed by atoms with E-state index in [1.165, 1.54) is 18.4 Å². The lowest BCUT2D eigenvalue weighted by atomic mass is 10.2. The van der Waals surface area contributed by atoms with Gasteiger partial charge in [0.15, 0.2) is 5.65 Å². The summed E-state index contributed by atoms with van der Waals surface area (Å²) in [7, 11) is 1.66. The van der Waals surface area contributed by atoms with Gasteiger partial charge in [0.1, 0.15) is 10.9 Å². The molecule has 0 unspecified atom stereocenters. The van der Waals surface area contributed by atoms with Crippen LogP contribution >= 0.6 is 11.6 Å². The summed E-state index contributed by atoms with van der Waals surface area (Å²) in [6.07, 6.45) is 6.09. The van der Waals surface area contributed by atoms with Crippen LogP contribution in [0.15, 0.2) is 48.8 Å². The summed E-state index contributed by atoms with van der Waals surface area (Å²) in [5.41, 5.74) is 2.19. The van der Waals surface area contributed by atoms with Crippen molar-refractivity contribution < 1.29 is 4.74 Å². The Morgan fingerprint density at radius 2 is 2.00 bits per heavy atom. The molecule has 2 heterocycles. The summed E-state index contributed by atoms with van der Waals surface area (Å²) in [5.74, 6) is 1.57. The number of aromatic nitrogens is 3. The van der Waals surface area contributed by atoms with Gasteiger partial charge in [-0.2, -0.15) is 5.10 Å². The highest BCUT2D eigenvalue weighted by molar-refractivity contribution is 6.29. The molecule has 21 heavy (non-hydrogen) atoms. The monoisotopic (exact) mass is 301 g/mol. The number of ether oxygens (including phenoxy) is 1. The van der Waals surface area contributed by atoms with Crippen LogP contribution < -0.4 is 4.74 Å². The van der Waals surface area contributed by atoms with E-state index in [4.69, 9.17) is 16.3 Å². The van der Waals surface area contributed by atoms with Crippen molar-refractivity contribution in [3.05, 3.63) is 59.5 Å². The Morgan fingerprint density at radius 3 is 2.62 bits per heavy atom. The molecule has 2 aromatic heterocycles. The molecule has 0 aliphatic heterocycles. The van der Waals surface area contributed by atoms with Crippen molar-refractivity contribution in [1.82, 2.24) is 14.6 Å². The van der Waals surface area contributed by atoms with Crippen LogP contribution in [0.4, 0.5) is 0 Å². The van der Waals surface area contributed by atoms with Crippen molar-refractivity contribution in [3.8, 4) is 5.75 Å². The number of rotatable bonds is 2. The Labute approximate surface area is 128 Å². The molecule has 1 aliphatic rings. The number of methoxy groups -OCH3 is 1. The molecule has 0 atom stereocenters. The molecule has 1 aliphatic carbocycles. The molecular formula is C16H16ClN3O. The van der Waals surface area contributed by atoms with E-state index in [2.05, 4.69) is 10.1 Å². The van der Waals surface area contributed by atoms with Crippen molar-refractivity contribution in [1.29, 1.82) is 0 Å². The molecule has 0 saturated heterocycles. The largest absolute Gasteiger partial charge is 0.497 e. The van der Waals surface area contributed by atoms with Crippen LogP contribution in [0.2, 0.25) is 5.15 Å². The maximum absolute atomic E-state index is 5.89. The zero-order valence-electron chi connectivity index (χ0n) is 11.7. The Balaban J connectivity index is 0.000000143. The van der Waals surface area contributed by atoms with Gasteiger partial charge in [0.2, 0.25) is 0 Å². The molecule has 4 rings (SSSR count). The molecule has 4 nitrogen and oxygen atoms in total. The first kappa shape index (κ1) is 13.9. The van der Waals surface area contributed by atoms with Crippen molar-refractivity contribution in [3.63, 3.8) is 0 Å². The van der Waals surface area contributed by atoms with Crippen LogP contribution in [0.5, 0.6) is 5.75 Å². The minimum Gasteiger partial charge on any atom is -0.497 e. The van der Waals surface area contributed by atoms with E-state index in [1.54, 1.807) is 17.8 Å². The maximum atomic E-state index is 5.89. The van der Waals surface area contributed by atoms with E-state index in [9.17, 15) is 0 Å². The zero-order valence-corrected chi connectivity index (χ0v) is 12.5. The summed E-state index contributed by atoms with van der Waals surface area (Å²) < 4.78 is 6.66. The first-order valence-corrected chi connectivity index (χ1v) is 7.24. The predicted molar refractivity (Wildman–Crippen MR) is 83.0 cm³/mol. The molecule has 0 N–H and O–H groups in total. The quantitative estimate of drug-likeness (QED) is 0.719. The van der Waals surface area contributed by atoms with Gasteiger partial charge in [0.05, 0.1) is 7.11 Å². The lowest BCUT2D eigenvalue weighted by molar-refractivity contribution is 0.415. The SMILES string of the molecule is COc1ccccc1.Clc1cc(C2CC2)c2nccn2n1. The Morgan fingerprint density at radius 1 is 1.24 bits per heavy atom. The van der Waals surface area contributed by atoms with Crippen molar-refractivity contribution in [2.45, 2.75) is 18.8 Å². The summed E-state index contributed by atoms with van der Waals surface area (Å²) in [6.45, 7) is 0. The number of nitrogens with zero attached hydrogens (tertiary/aromatic N) is 3. The van der Waals surface area contributed by atoms with Crippen molar-refractivity contribution in [2.75, 3.05) is 7.11 Å². The van der Waals surface area contributed by atoms with E-state index in [0.717, 1.165) is 11.4 Å². The van der Waals surface area contributed by atoms with Crippen molar-refractivity contribution >= 4 is 17.2 Å². The number of benzene rings is 1. The first-order chi connectivity index (χ1) is 10.3. The lowest BCUT2D eigenvalue weighted by Crippen LogP contribution is -1.95. The molecule has 3 aromatic rings. The van der Waals surface area contributed by atoms with E-state index in [-0.39, 0.29) is 0 Å². The van der Waals surface area contributed by atoms with E-state index in [1.807, 2.05) is 42.6 Å². The molecule has 0 bridgehead atoms. The van der Waals surface area contributed by atoms with E-state index in [0.29, 0.717) is 11.1 Å². The third-order valence-electron chi connectivity index (χ3n) is 3.35. The average Bonchev–Trinajstić information content (AvgIpc) is 3.26. The van der Waals surface area contributed by atoms with Gasteiger partial charge >= 0.3 is 0 Å². The van der Waals surface area contributed by atoms with Crippen LogP contribution in [0, 0.1) is 0 Å². The third kappa shape index (κ3) is 3.34. The zero-order chi connectivity index (χ0) is 14.7. The van der Waals surface area contributed by atoms with Crippen LogP contribution in [0.1, 0.15) is 24.3 Å². The van der Waals surface area contributed by atoms with Gasteiger partial charge in [-0.25, -0.2) is 9.50 Å². The molecule has 108 valence electrons. The fourth-order valence-electron chi connectivity index (χ4n) is 2.16. The molecule has 0 amide bonds. The molecular weight excluding hydrogens is 286 g/mol. The van der Waals surface area contributed by atoms with Gasteiger partial charge in [0, 0.05) is 18.0 Å². The highest BCUT2D eigenvalue weighted by Gasteiger charge is 2.26.